The molecule has 33 heavy (non-hydrogen) atoms. The number of benzene rings is 2. The van der Waals surface area contributed by atoms with Crippen LogP contribution >= 0.6 is 11.6 Å². The van der Waals surface area contributed by atoms with E-state index in [1.807, 2.05) is 6.92 Å². The zero-order chi connectivity index (χ0) is 24.0. The van der Waals surface area contributed by atoms with Crippen molar-refractivity contribution in [1.29, 1.82) is 0 Å². The van der Waals surface area contributed by atoms with Crippen molar-refractivity contribution in [1.82, 2.24) is 0 Å². The first-order valence-electron chi connectivity index (χ1n) is 10.3. The van der Waals surface area contributed by atoms with Crippen LogP contribution in [0.2, 0.25) is 5.02 Å². The number of hydrogen-bond donors (Lipinski definition) is 3. The van der Waals surface area contributed by atoms with Crippen LogP contribution < -0.4 is 10.6 Å². The molecule has 0 radical (unpaired) electrons. The van der Waals surface area contributed by atoms with Gasteiger partial charge in [-0.05, 0) is 67.8 Å². The number of carbonyl (C=O) groups is 4. The first-order chi connectivity index (χ1) is 15.7. The Balaban J connectivity index is 1.52. The van der Waals surface area contributed by atoms with Gasteiger partial charge in [0.25, 0.3) is 5.91 Å². The summed E-state index contributed by atoms with van der Waals surface area (Å²) < 4.78 is 5.03. The van der Waals surface area contributed by atoms with Gasteiger partial charge >= 0.3 is 11.9 Å². The number of esters is 1. The normalized spacial score (nSPS) is 17.2. The van der Waals surface area contributed by atoms with Crippen LogP contribution in [-0.4, -0.2) is 35.5 Å². The van der Waals surface area contributed by atoms with Gasteiger partial charge in [-0.3, -0.25) is 14.4 Å². The number of amides is 2. The lowest BCUT2D eigenvalue weighted by atomic mass is 9.82. The average Bonchev–Trinajstić information content (AvgIpc) is 2.77. The molecule has 2 amide bonds. The number of hydrogen-bond acceptors (Lipinski definition) is 5. The lowest BCUT2D eigenvalue weighted by Gasteiger charge is -2.24. The van der Waals surface area contributed by atoms with Crippen molar-refractivity contribution in [3.63, 3.8) is 0 Å². The standard InChI is InChI=1S/C24H23ClN2O6/c1-14-10-16(25)12-18(11-14)26-21(28)13-33-24(32)15-6-8-17(9-7-15)27-22(29)19-4-2-3-5-20(19)23(30)31/h2-3,6-12,19-20H,4-5,13H2,1H3,(H,26,28)(H,27,29)(H,30,31)/t19-,20-/m0/s1. The zero-order valence-corrected chi connectivity index (χ0v) is 18.6. The van der Waals surface area contributed by atoms with Gasteiger partial charge in [0.05, 0.1) is 17.4 Å². The highest BCUT2D eigenvalue weighted by molar-refractivity contribution is 6.31. The first kappa shape index (κ1) is 24.0. The van der Waals surface area contributed by atoms with Crippen molar-refractivity contribution in [3.05, 3.63) is 70.8 Å². The number of carbonyl (C=O) groups excluding carboxylic acids is 3. The van der Waals surface area contributed by atoms with E-state index in [0.717, 1.165) is 5.56 Å². The highest BCUT2D eigenvalue weighted by atomic mass is 35.5. The van der Waals surface area contributed by atoms with E-state index >= 15 is 0 Å². The third-order valence-corrected chi connectivity index (χ3v) is 5.35. The Hall–Kier alpha value is -3.65. The number of aliphatic carboxylic acids is 1. The number of nitrogens with one attached hydrogen (secondary N) is 2. The summed E-state index contributed by atoms with van der Waals surface area (Å²) in [6.07, 6.45) is 4.22. The molecule has 0 heterocycles. The molecule has 0 bridgehead atoms. The quantitative estimate of drug-likeness (QED) is 0.414. The number of rotatable bonds is 7. The number of anilines is 2. The SMILES string of the molecule is Cc1cc(Cl)cc(NC(=O)COC(=O)c2ccc(NC(=O)[C@H]3CC=CC[C@@H]3C(=O)O)cc2)c1. The Morgan fingerprint density at radius 1 is 0.970 bits per heavy atom. The van der Waals surface area contributed by atoms with E-state index in [0.29, 0.717) is 29.2 Å². The van der Waals surface area contributed by atoms with Gasteiger partial charge in [0, 0.05) is 16.4 Å². The summed E-state index contributed by atoms with van der Waals surface area (Å²) in [5.74, 6) is -4.05. The van der Waals surface area contributed by atoms with Gasteiger partial charge in [0.1, 0.15) is 0 Å². The maximum atomic E-state index is 12.5. The van der Waals surface area contributed by atoms with Gasteiger partial charge in [0.2, 0.25) is 5.91 Å². The Morgan fingerprint density at radius 3 is 2.27 bits per heavy atom. The van der Waals surface area contributed by atoms with E-state index < -0.39 is 42.2 Å². The molecule has 0 saturated heterocycles. The van der Waals surface area contributed by atoms with Gasteiger partial charge in [0.15, 0.2) is 6.61 Å². The molecule has 0 unspecified atom stereocenters. The smallest absolute Gasteiger partial charge is 0.338 e. The van der Waals surface area contributed by atoms with E-state index in [4.69, 9.17) is 16.3 Å². The fourth-order valence-corrected chi connectivity index (χ4v) is 3.81. The van der Waals surface area contributed by atoms with Crippen molar-refractivity contribution >= 4 is 46.7 Å². The van der Waals surface area contributed by atoms with Gasteiger partial charge in [-0.1, -0.05) is 23.8 Å². The monoisotopic (exact) mass is 470 g/mol. The van der Waals surface area contributed by atoms with Gasteiger partial charge < -0.3 is 20.5 Å². The van der Waals surface area contributed by atoms with Gasteiger partial charge in [-0.15, -0.1) is 0 Å². The molecule has 9 heteroatoms. The predicted octanol–water partition coefficient (Wildman–Crippen LogP) is 4.05. The number of ether oxygens (including phenoxy) is 1. The maximum absolute atomic E-state index is 12.5. The molecule has 0 aliphatic heterocycles. The fraction of sp³-hybridized carbons (Fsp3) is 0.250. The minimum Gasteiger partial charge on any atom is -0.481 e. The van der Waals surface area contributed by atoms with Crippen molar-refractivity contribution in [3.8, 4) is 0 Å². The van der Waals surface area contributed by atoms with Crippen molar-refractivity contribution < 1.29 is 29.0 Å². The van der Waals surface area contributed by atoms with E-state index in [-0.39, 0.29) is 5.56 Å². The largest absolute Gasteiger partial charge is 0.481 e. The van der Waals surface area contributed by atoms with Crippen LogP contribution in [0.5, 0.6) is 0 Å². The highest BCUT2D eigenvalue weighted by Gasteiger charge is 2.33. The number of allylic oxidation sites excluding steroid dienone is 2. The Labute approximate surface area is 195 Å². The molecule has 0 aromatic heterocycles. The number of carboxylic acids is 1. The molecule has 2 atom stereocenters. The Morgan fingerprint density at radius 2 is 1.64 bits per heavy atom. The molecule has 0 fully saturated rings. The summed E-state index contributed by atoms with van der Waals surface area (Å²) in [4.78, 5) is 48.2. The molecule has 2 aromatic rings. The summed E-state index contributed by atoms with van der Waals surface area (Å²) in [5, 5.41) is 15.1. The molecule has 2 aromatic carbocycles. The van der Waals surface area contributed by atoms with Crippen LogP contribution in [0, 0.1) is 18.8 Å². The topological polar surface area (TPSA) is 122 Å². The van der Waals surface area contributed by atoms with Crippen LogP contribution in [0.25, 0.3) is 0 Å². The Kier molecular flexibility index (Phi) is 7.84. The molecule has 0 spiro atoms. The molecule has 0 saturated carbocycles. The average molecular weight is 471 g/mol. The molecule has 172 valence electrons. The Bertz CT molecular complexity index is 1080. The minimum atomic E-state index is -1.01. The number of aryl methyl sites for hydroxylation is 1. The predicted molar refractivity (Wildman–Crippen MR) is 123 cm³/mol. The molecule has 1 aliphatic carbocycles. The lowest BCUT2D eigenvalue weighted by Crippen LogP contribution is -2.34. The third-order valence-electron chi connectivity index (χ3n) is 5.13. The van der Waals surface area contributed by atoms with Gasteiger partial charge in [-0.25, -0.2) is 4.79 Å². The maximum Gasteiger partial charge on any atom is 0.338 e. The first-order valence-corrected chi connectivity index (χ1v) is 10.6. The number of carboxylic acid groups (broad SMARTS) is 1. The second-order valence-electron chi connectivity index (χ2n) is 7.70. The summed E-state index contributed by atoms with van der Waals surface area (Å²) in [6.45, 7) is 1.36. The zero-order valence-electron chi connectivity index (χ0n) is 17.8. The summed E-state index contributed by atoms with van der Waals surface area (Å²) in [5.41, 5.74) is 1.99. The lowest BCUT2D eigenvalue weighted by molar-refractivity contribution is -0.146. The fourth-order valence-electron chi connectivity index (χ4n) is 3.52. The van der Waals surface area contributed by atoms with E-state index in [9.17, 15) is 24.3 Å². The third kappa shape index (κ3) is 6.66. The van der Waals surface area contributed by atoms with E-state index in [2.05, 4.69) is 10.6 Å². The minimum absolute atomic E-state index is 0.198. The molecular formula is C24H23ClN2O6. The molecule has 8 nitrogen and oxygen atoms in total. The van der Waals surface area contributed by atoms with Crippen LogP contribution in [0.4, 0.5) is 11.4 Å². The van der Waals surface area contributed by atoms with Crippen LogP contribution in [0.3, 0.4) is 0 Å². The van der Waals surface area contributed by atoms with Crippen LogP contribution in [0.1, 0.15) is 28.8 Å². The van der Waals surface area contributed by atoms with Crippen molar-refractivity contribution in [2.45, 2.75) is 19.8 Å². The summed E-state index contributed by atoms with van der Waals surface area (Å²) in [7, 11) is 0. The summed E-state index contributed by atoms with van der Waals surface area (Å²) >= 11 is 5.96. The highest BCUT2D eigenvalue weighted by Crippen LogP contribution is 2.27. The van der Waals surface area contributed by atoms with Crippen molar-refractivity contribution in [2.75, 3.05) is 17.2 Å². The van der Waals surface area contributed by atoms with Gasteiger partial charge in [-0.2, -0.15) is 0 Å². The molecule has 3 rings (SSSR count). The second-order valence-corrected chi connectivity index (χ2v) is 8.14. The second kappa shape index (κ2) is 10.8. The number of halogens is 1. The van der Waals surface area contributed by atoms with Crippen molar-refractivity contribution in [2.24, 2.45) is 11.8 Å². The summed E-state index contributed by atoms with van der Waals surface area (Å²) in [6, 6.07) is 11.0. The van der Waals surface area contributed by atoms with Crippen LogP contribution in [-0.2, 0) is 19.1 Å². The molecular weight excluding hydrogens is 448 g/mol. The van der Waals surface area contributed by atoms with Crippen LogP contribution in [0.15, 0.2) is 54.6 Å². The molecule has 1 aliphatic rings. The van der Waals surface area contributed by atoms with E-state index in [1.165, 1.54) is 24.3 Å². The van der Waals surface area contributed by atoms with E-state index in [1.54, 1.807) is 30.4 Å². The molecule has 3 N–H and O–H groups in total.